The fourth-order valence-corrected chi connectivity index (χ4v) is 2.57. The molecule has 122 valence electrons. The zero-order valence-electron chi connectivity index (χ0n) is 13.9. The average molecular weight is 320 g/mol. The lowest BCUT2D eigenvalue weighted by molar-refractivity contribution is 0.0722. The Labute approximate surface area is 141 Å². The number of hydrogen-bond acceptors (Lipinski definition) is 3. The lowest BCUT2D eigenvalue weighted by atomic mass is 10.1. The molecule has 0 amide bonds. The molecule has 2 aromatic carbocycles. The Balaban J connectivity index is 1.95. The molecule has 0 bridgehead atoms. The van der Waals surface area contributed by atoms with Crippen LogP contribution in [-0.4, -0.2) is 15.7 Å². The Morgan fingerprint density at radius 3 is 2.50 bits per heavy atom. The van der Waals surface area contributed by atoms with E-state index in [2.05, 4.69) is 12.0 Å². The fourth-order valence-electron chi connectivity index (χ4n) is 2.57. The zero-order valence-corrected chi connectivity index (χ0v) is 13.9. The SMILES string of the molecule is CCCc1cc(OC(=O)c2ccccc2C)n(-c2ccccc2)n1. The number of carbonyl (C=O) groups is 1. The number of nitrogens with zero attached hydrogens (tertiary/aromatic N) is 2. The minimum atomic E-state index is -0.367. The van der Waals surface area contributed by atoms with Gasteiger partial charge in [-0.3, -0.25) is 0 Å². The molecule has 0 fully saturated rings. The molecule has 0 N–H and O–H groups in total. The topological polar surface area (TPSA) is 44.1 Å². The molecule has 3 rings (SSSR count). The van der Waals surface area contributed by atoms with Crippen LogP contribution in [0.5, 0.6) is 5.88 Å². The molecule has 0 unspecified atom stereocenters. The maximum Gasteiger partial charge on any atom is 0.345 e. The number of para-hydroxylation sites is 1. The van der Waals surface area contributed by atoms with Gasteiger partial charge in [0.25, 0.3) is 0 Å². The summed E-state index contributed by atoms with van der Waals surface area (Å²) in [6.07, 6.45) is 1.83. The number of ether oxygens (including phenoxy) is 1. The first-order chi connectivity index (χ1) is 11.7. The summed E-state index contributed by atoms with van der Waals surface area (Å²) in [6, 6.07) is 18.9. The highest BCUT2D eigenvalue weighted by molar-refractivity contribution is 5.92. The van der Waals surface area contributed by atoms with Crippen LogP contribution in [0, 0.1) is 6.92 Å². The van der Waals surface area contributed by atoms with Gasteiger partial charge in [-0.25, -0.2) is 9.48 Å². The molecule has 0 aliphatic heterocycles. The molecule has 4 nitrogen and oxygen atoms in total. The predicted octanol–water partition coefficient (Wildman–Crippen LogP) is 4.35. The van der Waals surface area contributed by atoms with Crippen molar-refractivity contribution in [3.63, 3.8) is 0 Å². The van der Waals surface area contributed by atoms with Gasteiger partial charge in [0.15, 0.2) is 0 Å². The van der Waals surface area contributed by atoms with Crippen LogP contribution in [-0.2, 0) is 6.42 Å². The second-order valence-corrected chi connectivity index (χ2v) is 5.68. The molecular formula is C20H20N2O2. The third-order valence-electron chi connectivity index (χ3n) is 3.80. The van der Waals surface area contributed by atoms with Crippen molar-refractivity contribution in [3.8, 4) is 11.6 Å². The van der Waals surface area contributed by atoms with Crippen LogP contribution < -0.4 is 4.74 Å². The maximum atomic E-state index is 12.5. The Morgan fingerprint density at radius 2 is 1.79 bits per heavy atom. The van der Waals surface area contributed by atoms with Gasteiger partial charge in [0, 0.05) is 6.07 Å². The summed E-state index contributed by atoms with van der Waals surface area (Å²) in [6.45, 7) is 3.99. The summed E-state index contributed by atoms with van der Waals surface area (Å²) < 4.78 is 7.34. The largest absolute Gasteiger partial charge is 0.404 e. The highest BCUT2D eigenvalue weighted by Gasteiger charge is 2.16. The van der Waals surface area contributed by atoms with Crippen LogP contribution in [0.4, 0.5) is 0 Å². The molecule has 0 saturated heterocycles. The average Bonchev–Trinajstić information content (AvgIpc) is 2.99. The van der Waals surface area contributed by atoms with Crippen LogP contribution >= 0.6 is 0 Å². The molecule has 0 saturated carbocycles. The Kier molecular flexibility index (Phi) is 4.75. The van der Waals surface area contributed by atoms with E-state index >= 15 is 0 Å². The summed E-state index contributed by atoms with van der Waals surface area (Å²) in [7, 11) is 0. The second kappa shape index (κ2) is 7.13. The summed E-state index contributed by atoms with van der Waals surface area (Å²) in [4.78, 5) is 12.5. The van der Waals surface area contributed by atoms with E-state index in [1.807, 2.05) is 61.5 Å². The lowest BCUT2D eigenvalue weighted by Crippen LogP contribution is -2.13. The molecule has 3 aromatic rings. The van der Waals surface area contributed by atoms with Crippen molar-refractivity contribution < 1.29 is 9.53 Å². The first-order valence-electron chi connectivity index (χ1n) is 8.11. The first kappa shape index (κ1) is 16.0. The standard InChI is InChI=1S/C20H20N2O2/c1-3-9-16-14-19(22(21-16)17-11-5-4-6-12-17)24-20(23)18-13-8-7-10-15(18)2/h4-8,10-14H,3,9H2,1-2H3. The van der Waals surface area contributed by atoms with Gasteiger partial charge in [-0.1, -0.05) is 49.7 Å². The van der Waals surface area contributed by atoms with Crippen molar-refractivity contribution in [2.24, 2.45) is 0 Å². The molecule has 0 radical (unpaired) electrons. The van der Waals surface area contributed by atoms with Gasteiger partial charge >= 0.3 is 5.97 Å². The van der Waals surface area contributed by atoms with Crippen LogP contribution in [0.2, 0.25) is 0 Å². The van der Waals surface area contributed by atoms with E-state index in [9.17, 15) is 4.79 Å². The normalized spacial score (nSPS) is 10.6. The van der Waals surface area contributed by atoms with Gasteiger partial charge in [0.2, 0.25) is 5.88 Å². The number of hydrogen-bond donors (Lipinski definition) is 0. The van der Waals surface area contributed by atoms with Crippen molar-refractivity contribution in [3.05, 3.63) is 77.5 Å². The minimum Gasteiger partial charge on any atom is -0.404 e. The quantitative estimate of drug-likeness (QED) is 0.656. The molecule has 0 spiro atoms. The fraction of sp³-hybridized carbons (Fsp3) is 0.200. The Morgan fingerprint density at radius 1 is 1.08 bits per heavy atom. The van der Waals surface area contributed by atoms with Gasteiger partial charge in [0.1, 0.15) is 0 Å². The molecule has 4 heteroatoms. The minimum absolute atomic E-state index is 0.367. The second-order valence-electron chi connectivity index (χ2n) is 5.68. The molecule has 0 aliphatic rings. The first-order valence-corrected chi connectivity index (χ1v) is 8.11. The highest BCUT2D eigenvalue weighted by atomic mass is 16.5. The summed E-state index contributed by atoms with van der Waals surface area (Å²) in [5, 5.41) is 4.58. The molecule has 1 aromatic heterocycles. The Bertz CT molecular complexity index is 838. The third kappa shape index (κ3) is 3.38. The van der Waals surface area contributed by atoms with E-state index < -0.39 is 0 Å². The van der Waals surface area contributed by atoms with Crippen LogP contribution in [0.1, 0.15) is 35.0 Å². The van der Waals surface area contributed by atoms with Crippen molar-refractivity contribution >= 4 is 5.97 Å². The van der Waals surface area contributed by atoms with Crippen molar-refractivity contribution in [1.29, 1.82) is 0 Å². The molecule has 0 atom stereocenters. The van der Waals surface area contributed by atoms with Gasteiger partial charge in [-0.2, -0.15) is 5.10 Å². The van der Waals surface area contributed by atoms with Crippen molar-refractivity contribution in [2.75, 3.05) is 0 Å². The van der Waals surface area contributed by atoms with Crippen molar-refractivity contribution in [2.45, 2.75) is 26.7 Å². The third-order valence-corrected chi connectivity index (χ3v) is 3.80. The van der Waals surface area contributed by atoms with Crippen LogP contribution in [0.25, 0.3) is 5.69 Å². The zero-order chi connectivity index (χ0) is 16.9. The number of benzene rings is 2. The number of aryl methyl sites for hydroxylation is 2. The molecule has 0 aliphatic carbocycles. The monoisotopic (exact) mass is 320 g/mol. The van der Waals surface area contributed by atoms with Crippen LogP contribution in [0.15, 0.2) is 60.7 Å². The number of esters is 1. The maximum absolute atomic E-state index is 12.5. The van der Waals surface area contributed by atoms with Crippen molar-refractivity contribution in [1.82, 2.24) is 9.78 Å². The van der Waals surface area contributed by atoms with E-state index in [1.54, 1.807) is 10.7 Å². The smallest absolute Gasteiger partial charge is 0.345 e. The highest BCUT2D eigenvalue weighted by Crippen LogP contribution is 2.22. The van der Waals surface area contributed by atoms with E-state index in [0.29, 0.717) is 11.4 Å². The van der Waals surface area contributed by atoms with Gasteiger partial charge < -0.3 is 4.74 Å². The molecule has 24 heavy (non-hydrogen) atoms. The Hall–Kier alpha value is -2.88. The summed E-state index contributed by atoms with van der Waals surface area (Å²) in [5.41, 5.74) is 3.23. The van der Waals surface area contributed by atoms with Gasteiger partial charge in [0.05, 0.1) is 16.9 Å². The summed E-state index contributed by atoms with van der Waals surface area (Å²) in [5.74, 6) is 0.0751. The van der Waals surface area contributed by atoms with E-state index in [-0.39, 0.29) is 5.97 Å². The van der Waals surface area contributed by atoms with E-state index in [0.717, 1.165) is 29.8 Å². The number of rotatable bonds is 5. The number of aromatic nitrogens is 2. The van der Waals surface area contributed by atoms with Gasteiger partial charge in [-0.15, -0.1) is 0 Å². The molecular weight excluding hydrogens is 300 g/mol. The molecule has 1 heterocycles. The lowest BCUT2D eigenvalue weighted by Gasteiger charge is -2.09. The van der Waals surface area contributed by atoms with Crippen LogP contribution in [0.3, 0.4) is 0 Å². The summed E-state index contributed by atoms with van der Waals surface area (Å²) >= 11 is 0. The van der Waals surface area contributed by atoms with Gasteiger partial charge in [-0.05, 0) is 37.1 Å². The predicted molar refractivity (Wildman–Crippen MR) is 93.7 cm³/mol. The van der Waals surface area contributed by atoms with E-state index in [1.165, 1.54) is 0 Å². The number of carbonyl (C=O) groups excluding carboxylic acids is 1. The van der Waals surface area contributed by atoms with E-state index in [4.69, 9.17) is 4.74 Å².